The molecular formula is C34H26N4O2. The fourth-order valence-corrected chi connectivity index (χ4v) is 4.02. The van der Waals surface area contributed by atoms with E-state index in [0.29, 0.717) is 11.1 Å². The number of amides is 2. The first kappa shape index (κ1) is 26.0. The monoisotopic (exact) mass is 522 g/mol. The van der Waals surface area contributed by atoms with Crippen LogP contribution in [0.4, 0.5) is 0 Å². The molecule has 40 heavy (non-hydrogen) atoms. The third-order valence-corrected chi connectivity index (χ3v) is 6.20. The molecule has 0 aliphatic heterocycles. The molecule has 5 aromatic rings. The van der Waals surface area contributed by atoms with Crippen molar-refractivity contribution in [3.05, 3.63) is 156 Å². The number of hydrazone groups is 2. The highest BCUT2D eigenvalue weighted by molar-refractivity contribution is 5.96. The van der Waals surface area contributed by atoms with Crippen molar-refractivity contribution in [1.82, 2.24) is 10.9 Å². The first-order chi connectivity index (χ1) is 19.7. The molecule has 0 atom stereocenters. The highest BCUT2D eigenvalue weighted by Gasteiger charge is 2.06. The third-order valence-electron chi connectivity index (χ3n) is 6.20. The van der Waals surface area contributed by atoms with Crippen molar-refractivity contribution in [3.8, 4) is 22.3 Å². The van der Waals surface area contributed by atoms with E-state index in [1.165, 1.54) is 0 Å². The van der Waals surface area contributed by atoms with Crippen LogP contribution in [-0.4, -0.2) is 24.2 Å². The largest absolute Gasteiger partial charge is 0.271 e. The minimum absolute atomic E-state index is 0.287. The molecule has 0 aromatic heterocycles. The van der Waals surface area contributed by atoms with Gasteiger partial charge in [0.2, 0.25) is 0 Å². The molecule has 2 N–H and O–H groups in total. The van der Waals surface area contributed by atoms with Crippen LogP contribution in [0.5, 0.6) is 0 Å². The number of rotatable bonds is 8. The second kappa shape index (κ2) is 12.8. The molecule has 0 unspecified atom stereocenters. The minimum Gasteiger partial charge on any atom is -0.267 e. The van der Waals surface area contributed by atoms with Gasteiger partial charge in [0.05, 0.1) is 12.4 Å². The summed E-state index contributed by atoms with van der Waals surface area (Å²) in [5.41, 5.74) is 12.0. The van der Waals surface area contributed by atoms with Crippen LogP contribution in [-0.2, 0) is 0 Å². The Morgan fingerprint density at radius 3 is 1.10 bits per heavy atom. The summed E-state index contributed by atoms with van der Waals surface area (Å²) in [7, 11) is 0. The molecule has 6 nitrogen and oxygen atoms in total. The third kappa shape index (κ3) is 6.82. The lowest BCUT2D eigenvalue weighted by Crippen LogP contribution is -2.17. The molecule has 6 heteroatoms. The van der Waals surface area contributed by atoms with Crippen LogP contribution in [0.25, 0.3) is 22.3 Å². The maximum atomic E-state index is 12.4. The van der Waals surface area contributed by atoms with Gasteiger partial charge in [-0.1, -0.05) is 109 Å². The van der Waals surface area contributed by atoms with Crippen LogP contribution in [0.3, 0.4) is 0 Å². The Morgan fingerprint density at radius 2 is 0.750 bits per heavy atom. The normalized spacial score (nSPS) is 11.0. The van der Waals surface area contributed by atoms with Crippen molar-refractivity contribution < 1.29 is 9.59 Å². The van der Waals surface area contributed by atoms with E-state index in [0.717, 1.165) is 33.4 Å². The first-order valence-electron chi connectivity index (χ1n) is 12.7. The van der Waals surface area contributed by atoms with Gasteiger partial charge in [0.25, 0.3) is 11.8 Å². The molecule has 0 radical (unpaired) electrons. The number of carbonyl (C=O) groups excluding carboxylic acids is 2. The van der Waals surface area contributed by atoms with Crippen LogP contribution in [0.1, 0.15) is 31.8 Å². The number of hydrogen-bond donors (Lipinski definition) is 2. The Labute approximate surface area is 232 Å². The molecule has 0 fully saturated rings. The van der Waals surface area contributed by atoms with Crippen LogP contribution in [0.2, 0.25) is 0 Å². The van der Waals surface area contributed by atoms with Gasteiger partial charge in [0, 0.05) is 11.1 Å². The van der Waals surface area contributed by atoms with E-state index in [9.17, 15) is 9.59 Å². The zero-order valence-electron chi connectivity index (χ0n) is 21.6. The molecule has 0 aliphatic carbocycles. The van der Waals surface area contributed by atoms with Crippen LogP contribution < -0.4 is 10.9 Å². The van der Waals surface area contributed by atoms with Gasteiger partial charge in [0.15, 0.2) is 0 Å². The van der Waals surface area contributed by atoms with Crippen molar-refractivity contribution in [2.24, 2.45) is 10.2 Å². The Morgan fingerprint density at radius 1 is 0.425 bits per heavy atom. The van der Waals surface area contributed by atoms with Crippen molar-refractivity contribution in [3.63, 3.8) is 0 Å². The van der Waals surface area contributed by atoms with Crippen molar-refractivity contribution in [2.75, 3.05) is 0 Å². The summed E-state index contributed by atoms with van der Waals surface area (Å²) in [6, 6.07) is 42.1. The molecule has 0 spiro atoms. The predicted octanol–water partition coefficient (Wildman–Crippen LogP) is 6.55. The lowest BCUT2D eigenvalue weighted by molar-refractivity contribution is 0.0947. The Kier molecular flexibility index (Phi) is 8.29. The quantitative estimate of drug-likeness (QED) is 0.179. The van der Waals surface area contributed by atoms with Crippen LogP contribution >= 0.6 is 0 Å². The fraction of sp³-hybridized carbons (Fsp3) is 0. The van der Waals surface area contributed by atoms with E-state index < -0.39 is 0 Å². The Hall–Kier alpha value is -5.62. The fourth-order valence-electron chi connectivity index (χ4n) is 4.02. The maximum Gasteiger partial charge on any atom is 0.271 e. The van der Waals surface area contributed by atoms with Crippen LogP contribution in [0.15, 0.2) is 144 Å². The smallest absolute Gasteiger partial charge is 0.267 e. The number of hydrogen-bond acceptors (Lipinski definition) is 4. The van der Waals surface area contributed by atoms with Gasteiger partial charge >= 0.3 is 0 Å². The van der Waals surface area contributed by atoms with Gasteiger partial charge < -0.3 is 0 Å². The summed E-state index contributed by atoms with van der Waals surface area (Å²) >= 11 is 0. The van der Waals surface area contributed by atoms with Gasteiger partial charge in [-0.25, -0.2) is 10.9 Å². The standard InChI is InChI=1S/C34H26N4O2/c39-33(31-19-15-29(16-20-31)27-7-3-1-4-8-27)37-35-23-25-11-13-26(14-12-25)24-36-38-34(40)32-21-17-30(18-22-32)28-9-5-2-6-10-28/h1-24H,(H,37,39)(H,38,40)/b35-23+,36-24+. The molecule has 0 heterocycles. The zero-order valence-corrected chi connectivity index (χ0v) is 21.6. The van der Waals surface area contributed by atoms with Crippen LogP contribution in [0, 0.1) is 0 Å². The van der Waals surface area contributed by atoms with Gasteiger partial charge in [-0.05, 0) is 57.6 Å². The predicted molar refractivity (Wildman–Crippen MR) is 160 cm³/mol. The van der Waals surface area contributed by atoms with Gasteiger partial charge in [-0.15, -0.1) is 0 Å². The van der Waals surface area contributed by atoms with E-state index in [4.69, 9.17) is 0 Å². The summed E-state index contributed by atoms with van der Waals surface area (Å²) < 4.78 is 0. The molecule has 0 aliphatic rings. The second-order valence-electron chi connectivity index (χ2n) is 8.95. The Balaban J connectivity index is 1.10. The average Bonchev–Trinajstić information content (AvgIpc) is 3.03. The molecule has 2 amide bonds. The van der Waals surface area contributed by atoms with E-state index >= 15 is 0 Å². The SMILES string of the molecule is O=C(N/N=C/c1ccc(/C=N/NC(=O)c2ccc(-c3ccccc3)cc2)cc1)c1ccc(-c2ccccc2)cc1. The van der Waals surface area contributed by atoms with Crippen molar-refractivity contribution in [1.29, 1.82) is 0 Å². The second-order valence-corrected chi connectivity index (χ2v) is 8.95. The summed E-state index contributed by atoms with van der Waals surface area (Å²) in [5, 5.41) is 8.11. The lowest BCUT2D eigenvalue weighted by Gasteiger charge is -2.04. The number of benzene rings is 5. The summed E-state index contributed by atoms with van der Waals surface area (Å²) in [6.07, 6.45) is 3.14. The highest BCUT2D eigenvalue weighted by Crippen LogP contribution is 2.20. The highest BCUT2D eigenvalue weighted by atomic mass is 16.2. The topological polar surface area (TPSA) is 82.9 Å². The summed E-state index contributed by atoms with van der Waals surface area (Å²) in [4.78, 5) is 24.8. The molecular weight excluding hydrogens is 496 g/mol. The van der Waals surface area contributed by atoms with Crippen molar-refractivity contribution in [2.45, 2.75) is 0 Å². The Bertz CT molecular complexity index is 1500. The van der Waals surface area contributed by atoms with Crippen molar-refractivity contribution >= 4 is 24.2 Å². The van der Waals surface area contributed by atoms with E-state index in [1.807, 2.05) is 109 Å². The molecule has 194 valence electrons. The molecule has 0 bridgehead atoms. The van der Waals surface area contributed by atoms with Gasteiger partial charge in [-0.3, -0.25) is 9.59 Å². The van der Waals surface area contributed by atoms with E-state index in [-0.39, 0.29) is 11.8 Å². The van der Waals surface area contributed by atoms with E-state index in [1.54, 1.807) is 36.7 Å². The molecule has 5 aromatic carbocycles. The maximum absolute atomic E-state index is 12.4. The zero-order chi connectivity index (χ0) is 27.6. The van der Waals surface area contributed by atoms with Gasteiger partial charge in [0.1, 0.15) is 0 Å². The molecule has 0 saturated carbocycles. The summed E-state index contributed by atoms with van der Waals surface area (Å²) in [6.45, 7) is 0. The number of nitrogens with zero attached hydrogens (tertiary/aromatic N) is 2. The average molecular weight is 523 g/mol. The first-order valence-corrected chi connectivity index (χ1v) is 12.7. The number of nitrogens with one attached hydrogen (secondary N) is 2. The molecule has 5 rings (SSSR count). The summed E-state index contributed by atoms with van der Waals surface area (Å²) in [5.74, 6) is -0.574. The van der Waals surface area contributed by atoms with Gasteiger partial charge in [-0.2, -0.15) is 10.2 Å². The molecule has 0 saturated heterocycles. The number of carbonyl (C=O) groups is 2. The van der Waals surface area contributed by atoms with E-state index in [2.05, 4.69) is 21.1 Å². The minimum atomic E-state index is -0.287. The lowest BCUT2D eigenvalue weighted by atomic mass is 10.0.